The molecule has 1 aromatic rings. The topological polar surface area (TPSA) is 265 Å². The second-order valence-electron chi connectivity index (χ2n) is 18.9. The molecular formula is C53H92F5N5O15S. The number of benzene rings is 1. The van der Waals surface area contributed by atoms with Crippen LogP contribution in [0, 0.1) is 52.2 Å². The lowest BCUT2D eigenvalue weighted by molar-refractivity contribution is -0.199. The first-order valence-electron chi connectivity index (χ1n) is 23.9. The Morgan fingerprint density at radius 2 is 0.962 bits per heavy atom. The molecule has 20 nitrogen and oxygen atoms in total. The monoisotopic (exact) mass is 1170 g/mol. The molecule has 79 heavy (non-hydrogen) atoms. The third-order valence-corrected chi connectivity index (χ3v) is 10.9. The predicted octanol–water partition coefficient (Wildman–Crippen LogP) is 10.3. The number of ether oxygens (including phenoxy) is 2. The fraction of sp³-hybridized carbons (Fsp3) is 0.679. The van der Waals surface area contributed by atoms with Gasteiger partial charge in [-0.3, -0.25) is 62.9 Å². The number of ketones is 1. The van der Waals surface area contributed by atoms with Gasteiger partial charge in [0.1, 0.15) is 5.78 Å². The summed E-state index contributed by atoms with van der Waals surface area (Å²) < 4.78 is 103. The van der Waals surface area contributed by atoms with Crippen molar-refractivity contribution in [2.75, 3.05) is 7.11 Å². The summed E-state index contributed by atoms with van der Waals surface area (Å²) in [4.78, 5) is 101. The number of carbonyl (C=O) groups is 8. The second-order valence-corrected chi connectivity index (χ2v) is 20.5. The third-order valence-electron chi connectivity index (χ3n) is 9.82. The fourth-order valence-electron chi connectivity index (χ4n) is 5.84. The molecule has 4 saturated heterocycles. The van der Waals surface area contributed by atoms with Crippen molar-refractivity contribution in [3.05, 3.63) is 41.4 Å². The molecule has 460 valence electrons. The van der Waals surface area contributed by atoms with Crippen LogP contribution in [-0.2, 0) is 62.9 Å². The van der Waals surface area contributed by atoms with E-state index in [-0.39, 0.29) is 126 Å². The van der Waals surface area contributed by atoms with Crippen LogP contribution in [0.15, 0.2) is 12.3 Å². The molecular weight excluding hydrogens is 1070 g/mol. The summed E-state index contributed by atoms with van der Waals surface area (Å²) in [6.45, 7) is 31.9. The van der Waals surface area contributed by atoms with Crippen LogP contribution in [0.25, 0.3) is 0 Å². The van der Waals surface area contributed by atoms with Crippen molar-refractivity contribution in [2.45, 2.75) is 215 Å². The number of Topliss-reactive ketones (excluding diaryl/α,β-unsaturated/α-hetero) is 1. The van der Waals surface area contributed by atoms with Gasteiger partial charge in [-0.25, -0.2) is 13.2 Å². The van der Waals surface area contributed by atoms with Gasteiger partial charge in [-0.15, -0.1) is 0 Å². The van der Waals surface area contributed by atoms with Crippen LogP contribution in [0.1, 0.15) is 179 Å². The molecule has 0 saturated carbocycles. The number of carbonyl (C=O) groups excluding carboxylic acids is 8. The van der Waals surface area contributed by atoms with E-state index >= 15 is 0 Å². The molecule has 0 radical (unpaired) electrons. The van der Waals surface area contributed by atoms with Gasteiger partial charge in [0.25, 0.3) is 39.7 Å². The quantitative estimate of drug-likeness (QED) is 0.0397. The van der Waals surface area contributed by atoms with Crippen molar-refractivity contribution in [1.82, 2.24) is 19.9 Å². The lowest BCUT2D eigenvalue weighted by Gasteiger charge is -2.21. The second kappa shape index (κ2) is 38.8. The first-order chi connectivity index (χ1) is 34.2. The van der Waals surface area contributed by atoms with Gasteiger partial charge in [-0.1, -0.05) is 70.9 Å². The summed E-state index contributed by atoms with van der Waals surface area (Å²) >= 11 is 0. The minimum atomic E-state index is -4.46. The molecule has 4 aliphatic rings. The molecule has 0 bridgehead atoms. The molecule has 4 fully saturated rings. The number of nitrogens with zero attached hydrogens (tertiary/aromatic N) is 4. The van der Waals surface area contributed by atoms with Crippen molar-refractivity contribution in [3.63, 3.8) is 0 Å². The SMILES string of the molecule is C.C.C.C.C=C1CCC(=O)N1C(C)C.CC(=O)C(C)C.CC(C)N1C(=O)CC(S(=O)(=O)O)C1=O.CC(C)ON1C(=O)CC(C)C1=O.CC(C)ON1C(=O)CCC1=O.CC(C)Oc1c(F)c(F)c(F)c(F)c1F.COC(=N)C(C)C. The van der Waals surface area contributed by atoms with E-state index in [0.29, 0.717) is 12.3 Å². The van der Waals surface area contributed by atoms with Crippen molar-refractivity contribution in [2.24, 2.45) is 17.8 Å². The van der Waals surface area contributed by atoms with E-state index in [9.17, 15) is 68.7 Å². The molecule has 0 aliphatic carbocycles. The van der Waals surface area contributed by atoms with Gasteiger partial charge < -0.3 is 14.4 Å². The first-order valence-corrected chi connectivity index (χ1v) is 25.4. The fourth-order valence-corrected chi connectivity index (χ4v) is 6.56. The normalized spacial score (nSPS) is 16.5. The Bertz CT molecular complexity index is 2250. The summed E-state index contributed by atoms with van der Waals surface area (Å²) in [7, 11) is -2.95. The van der Waals surface area contributed by atoms with Gasteiger partial charge in [-0.05, 0) is 82.6 Å². The van der Waals surface area contributed by atoms with Crippen LogP contribution in [0.3, 0.4) is 0 Å². The average Bonchev–Trinajstić information content (AvgIpc) is 3.99. The highest BCUT2D eigenvalue weighted by Gasteiger charge is 2.46. The van der Waals surface area contributed by atoms with Crippen molar-refractivity contribution >= 4 is 63.1 Å². The van der Waals surface area contributed by atoms with Crippen molar-refractivity contribution < 1.29 is 92.4 Å². The molecule has 2 unspecified atom stereocenters. The number of nitrogens with one attached hydrogen (secondary N) is 1. The maximum atomic E-state index is 12.9. The first kappa shape index (κ1) is 84.6. The highest BCUT2D eigenvalue weighted by Crippen LogP contribution is 2.30. The van der Waals surface area contributed by atoms with Gasteiger partial charge in [0.15, 0.2) is 16.9 Å². The summed E-state index contributed by atoms with van der Waals surface area (Å²) in [6.07, 6.45) is 0.912. The van der Waals surface area contributed by atoms with Gasteiger partial charge >= 0.3 is 0 Å². The summed E-state index contributed by atoms with van der Waals surface area (Å²) in [5, 5.41) is 7.11. The van der Waals surface area contributed by atoms with E-state index in [4.69, 9.17) is 19.6 Å². The molecule has 4 aliphatic heterocycles. The smallest absolute Gasteiger partial charge is 0.277 e. The van der Waals surface area contributed by atoms with E-state index in [1.54, 1.807) is 60.3 Å². The Balaban J connectivity index is -0.000000198. The molecule has 1 aromatic carbocycles. The maximum Gasteiger partial charge on any atom is 0.277 e. The zero-order valence-corrected chi connectivity index (χ0v) is 46.7. The highest BCUT2D eigenvalue weighted by atomic mass is 32.2. The molecule has 26 heteroatoms. The summed E-state index contributed by atoms with van der Waals surface area (Å²) in [5.41, 5.74) is 0.972. The van der Waals surface area contributed by atoms with Gasteiger partial charge in [0.2, 0.25) is 40.9 Å². The van der Waals surface area contributed by atoms with Gasteiger partial charge in [0, 0.05) is 61.2 Å². The van der Waals surface area contributed by atoms with E-state index in [0.717, 1.165) is 27.1 Å². The number of rotatable bonds is 11. The van der Waals surface area contributed by atoms with Crippen LogP contribution < -0.4 is 4.74 Å². The zero-order chi connectivity index (χ0) is 59.3. The number of methoxy groups -OCH3 is 1. The van der Waals surface area contributed by atoms with E-state index in [1.165, 1.54) is 21.0 Å². The molecule has 5 rings (SSSR count). The summed E-state index contributed by atoms with van der Waals surface area (Å²) in [5.74, 6) is -12.7. The number of likely N-dealkylation sites (tertiary alicyclic amines) is 2. The third kappa shape index (κ3) is 28.3. The molecule has 2 atom stereocenters. The predicted molar refractivity (Wildman–Crippen MR) is 290 cm³/mol. The molecule has 0 aromatic heterocycles. The van der Waals surface area contributed by atoms with E-state index in [2.05, 4.69) is 16.1 Å². The van der Waals surface area contributed by atoms with E-state index < -0.39 is 74.5 Å². The van der Waals surface area contributed by atoms with Crippen molar-refractivity contribution in [3.8, 4) is 5.75 Å². The minimum Gasteiger partial charge on any atom is -0.485 e. The Morgan fingerprint density at radius 1 is 0.582 bits per heavy atom. The Morgan fingerprint density at radius 3 is 1.19 bits per heavy atom. The van der Waals surface area contributed by atoms with Crippen LogP contribution in [0.5, 0.6) is 5.75 Å². The molecule has 2 N–H and O–H groups in total. The lowest BCUT2D eigenvalue weighted by Crippen LogP contribution is -2.39. The van der Waals surface area contributed by atoms with E-state index in [1.807, 2.05) is 41.5 Å². The highest BCUT2D eigenvalue weighted by molar-refractivity contribution is 7.87. The van der Waals surface area contributed by atoms with Crippen LogP contribution in [0.4, 0.5) is 22.0 Å². The number of halogens is 5. The number of hydroxylamine groups is 4. The van der Waals surface area contributed by atoms with Gasteiger partial charge in [0.05, 0.1) is 31.8 Å². The number of allylic oxidation sites excluding steroid dienone is 1. The number of hydrogen-bond donors (Lipinski definition) is 2. The summed E-state index contributed by atoms with van der Waals surface area (Å²) in [6, 6.07) is -0.107. The largest absolute Gasteiger partial charge is 0.485 e. The number of imide groups is 3. The minimum absolute atomic E-state index is 0. The Kier molecular flexibility index (Phi) is 41.5. The van der Waals surface area contributed by atoms with Crippen LogP contribution in [0.2, 0.25) is 0 Å². The zero-order valence-electron chi connectivity index (χ0n) is 45.9. The average molecular weight is 1170 g/mol. The molecule has 7 amide bonds. The molecule has 4 heterocycles. The number of amides is 7. The Hall–Kier alpha value is -5.73. The van der Waals surface area contributed by atoms with Crippen molar-refractivity contribution in [1.29, 1.82) is 5.41 Å². The Labute approximate surface area is 466 Å². The standard InChI is InChI=1S/C9H7F5O.C8H13NO3.C8H13NO.C7H11NO5S.C7H11NO3.C5H11NO.C5H10O.4CH4/c1-3(2)15-9-7(13)5(11)4(10)6(12)8(9)14;1-5(2)12-9-7(10)4-6(3)8(9)11;1-6(2)9-7(3)4-5-8(9)10;1-4(2)8-6(9)3-5(7(8)10)14(11,12)13;1-5(2)11-8-6(9)3-4-7(8)10;1-4(2)5(6)7-3;1-4(2)5(3)6;;;;/h3H,1-2H3;5-6H,4H2,1-3H3;6H,3-5H2,1-2H3;4-5H,3H2,1-2H3,(H,11,12,13);5H,3-4H2,1-2H3;4,6H,1-3H3;4H,1-3H3;4*1H4. The van der Waals surface area contributed by atoms with Crippen LogP contribution in [-0.4, -0.2) is 129 Å². The van der Waals surface area contributed by atoms with Gasteiger partial charge in [-0.2, -0.15) is 27.3 Å². The van der Waals surface area contributed by atoms with Crippen LogP contribution >= 0.6 is 0 Å². The number of hydrogen-bond acceptors (Lipinski definition) is 15. The lowest BCUT2D eigenvalue weighted by atomic mass is 10.1. The maximum absolute atomic E-state index is 12.9. The molecule has 0 spiro atoms.